The van der Waals surface area contributed by atoms with Crippen molar-refractivity contribution in [2.45, 2.75) is 39.0 Å². The Labute approximate surface area is 179 Å². The van der Waals surface area contributed by atoms with Crippen LogP contribution in [0.2, 0.25) is 0 Å². The van der Waals surface area contributed by atoms with E-state index >= 15 is 0 Å². The van der Waals surface area contributed by atoms with Gasteiger partial charge in [0.2, 0.25) is 5.91 Å². The Bertz CT molecular complexity index is 833. The largest absolute Gasteiger partial charge is 0.494 e. The molecule has 2 aromatic rings. The summed E-state index contributed by atoms with van der Waals surface area (Å²) >= 11 is 0. The molecule has 5 nitrogen and oxygen atoms in total. The molecule has 1 fully saturated rings. The van der Waals surface area contributed by atoms with E-state index in [0.29, 0.717) is 51.2 Å². The summed E-state index contributed by atoms with van der Waals surface area (Å²) in [6.45, 7) is 9.42. The molecular formula is C25H32N2O3. The van der Waals surface area contributed by atoms with Gasteiger partial charge in [0.15, 0.2) is 0 Å². The van der Waals surface area contributed by atoms with Gasteiger partial charge < -0.3 is 14.5 Å². The van der Waals surface area contributed by atoms with Gasteiger partial charge >= 0.3 is 0 Å². The Balaban J connectivity index is 1.36. The SMILES string of the molecule is CC(C)(C)c1ccc(OCCCC(=O)N2CCN(C(=O)c3ccccc3)CC2)cc1. The van der Waals surface area contributed by atoms with Crippen LogP contribution in [0.15, 0.2) is 54.6 Å². The zero-order chi connectivity index (χ0) is 21.6. The van der Waals surface area contributed by atoms with Crippen LogP contribution in [0.3, 0.4) is 0 Å². The maximum absolute atomic E-state index is 12.5. The normalized spacial score (nSPS) is 14.5. The smallest absolute Gasteiger partial charge is 0.253 e. The summed E-state index contributed by atoms with van der Waals surface area (Å²) in [4.78, 5) is 28.7. The van der Waals surface area contributed by atoms with Crippen LogP contribution in [0.1, 0.15) is 49.5 Å². The van der Waals surface area contributed by atoms with Crippen LogP contribution < -0.4 is 4.74 Å². The number of hydrogen-bond acceptors (Lipinski definition) is 3. The molecule has 0 aromatic heterocycles. The maximum Gasteiger partial charge on any atom is 0.253 e. The highest BCUT2D eigenvalue weighted by molar-refractivity contribution is 5.94. The van der Waals surface area contributed by atoms with Gasteiger partial charge in [0, 0.05) is 38.2 Å². The molecule has 0 radical (unpaired) electrons. The molecule has 0 unspecified atom stereocenters. The third-order valence-corrected chi connectivity index (χ3v) is 5.46. The molecule has 160 valence electrons. The lowest BCUT2D eigenvalue weighted by Crippen LogP contribution is -2.50. The van der Waals surface area contributed by atoms with Crippen molar-refractivity contribution in [1.29, 1.82) is 0 Å². The van der Waals surface area contributed by atoms with Crippen molar-refractivity contribution < 1.29 is 14.3 Å². The molecule has 0 N–H and O–H groups in total. The molecule has 0 bridgehead atoms. The van der Waals surface area contributed by atoms with E-state index in [4.69, 9.17) is 4.74 Å². The van der Waals surface area contributed by atoms with E-state index in [2.05, 4.69) is 32.9 Å². The minimum absolute atomic E-state index is 0.0357. The van der Waals surface area contributed by atoms with Crippen molar-refractivity contribution >= 4 is 11.8 Å². The van der Waals surface area contributed by atoms with E-state index in [1.54, 1.807) is 0 Å². The molecule has 0 saturated carbocycles. The van der Waals surface area contributed by atoms with Crippen molar-refractivity contribution in [1.82, 2.24) is 9.80 Å². The first-order chi connectivity index (χ1) is 14.3. The Morgan fingerprint density at radius 1 is 0.867 bits per heavy atom. The Hall–Kier alpha value is -2.82. The minimum atomic E-state index is 0.0357. The van der Waals surface area contributed by atoms with Gasteiger partial charge in [-0.1, -0.05) is 51.1 Å². The second kappa shape index (κ2) is 9.79. The number of piperazine rings is 1. The molecule has 3 rings (SSSR count). The van der Waals surface area contributed by atoms with Crippen molar-refractivity contribution in [3.05, 3.63) is 65.7 Å². The van der Waals surface area contributed by atoms with E-state index in [1.807, 2.05) is 52.3 Å². The highest BCUT2D eigenvalue weighted by Crippen LogP contribution is 2.24. The highest BCUT2D eigenvalue weighted by atomic mass is 16.5. The first-order valence-electron chi connectivity index (χ1n) is 10.7. The number of ether oxygens (including phenoxy) is 1. The van der Waals surface area contributed by atoms with Crippen molar-refractivity contribution in [3.63, 3.8) is 0 Å². The summed E-state index contributed by atoms with van der Waals surface area (Å²) in [5.74, 6) is 1.01. The summed E-state index contributed by atoms with van der Waals surface area (Å²) in [5.41, 5.74) is 2.10. The van der Waals surface area contributed by atoms with Gasteiger partial charge in [-0.05, 0) is 41.7 Å². The van der Waals surface area contributed by atoms with Gasteiger partial charge in [0.1, 0.15) is 5.75 Å². The lowest BCUT2D eigenvalue weighted by Gasteiger charge is -2.35. The number of nitrogens with zero attached hydrogens (tertiary/aromatic N) is 2. The molecule has 0 spiro atoms. The molecule has 1 heterocycles. The van der Waals surface area contributed by atoms with Gasteiger partial charge in [-0.15, -0.1) is 0 Å². The Morgan fingerprint density at radius 3 is 2.07 bits per heavy atom. The monoisotopic (exact) mass is 408 g/mol. The fraction of sp³-hybridized carbons (Fsp3) is 0.440. The second-order valence-corrected chi connectivity index (χ2v) is 8.77. The fourth-order valence-corrected chi connectivity index (χ4v) is 3.54. The van der Waals surface area contributed by atoms with Crippen LogP contribution in [-0.4, -0.2) is 54.4 Å². The maximum atomic E-state index is 12.5. The predicted molar refractivity (Wildman–Crippen MR) is 119 cm³/mol. The lowest BCUT2D eigenvalue weighted by atomic mass is 9.87. The van der Waals surface area contributed by atoms with Crippen LogP contribution in [-0.2, 0) is 10.2 Å². The standard InChI is InChI=1S/C25H32N2O3/c1-25(2,3)21-11-13-22(14-12-21)30-19-7-10-23(28)26-15-17-27(18-16-26)24(29)20-8-5-4-6-9-20/h4-6,8-9,11-14H,7,10,15-19H2,1-3H3. The molecule has 1 aliphatic rings. The molecule has 2 amide bonds. The van der Waals surface area contributed by atoms with E-state index < -0.39 is 0 Å². The number of amides is 2. The minimum Gasteiger partial charge on any atom is -0.494 e. The van der Waals surface area contributed by atoms with E-state index in [-0.39, 0.29) is 17.2 Å². The molecule has 30 heavy (non-hydrogen) atoms. The van der Waals surface area contributed by atoms with Gasteiger partial charge in [-0.3, -0.25) is 9.59 Å². The summed E-state index contributed by atoms with van der Waals surface area (Å²) < 4.78 is 5.79. The third kappa shape index (κ3) is 5.85. The van der Waals surface area contributed by atoms with Gasteiger partial charge in [-0.25, -0.2) is 0 Å². The number of carbonyl (C=O) groups excluding carboxylic acids is 2. The molecule has 2 aromatic carbocycles. The van der Waals surface area contributed by atoms with Gasteiger partial charge in [0.25, 0.3) is 5.91 Å². The number of rotatable bonds is 6. The van der Waals surface area contributed by atoms with E-state index in [1.165, 1.54) is 5.56 Å². The Morgan fingerprint density at radius 2 is 1.47 bits per heavy atom. The predicted octanol–water partition coefficient (Wildman–Crippen LogP) is 4.13. The third-order valence-electron chi connectivity index (χ3n) is 5.46. The zero-order valence-corrected chi connectivity index (χ0v) is 18.3. The lowest BCUT2D eigenvalue weighted by molar-refractivity contribution is -0.132. The average Bonchev–Trinajstić information content (AvgIpc) is 2.76. The Kier molecular flexibility index (Phi) is 7.14. The second-order valence-electron chi connectivity index (χ2n) is 8.77. The number of benzene rings is 2. The first-order valence-corrected chi connectivity index (χ1v) is 10.7. The summed E-state index contributed by atoms with van der Waals surface area (Å²) in [5, 5.41) is 0. The molecular weight excluding hydrogens is 376 g/mol. The van der Waals surface area contributed by atoms with Crippen LogP contribution in [0, 0.1) is 0 Å². The van der Waals surface area contributed by atoms with Crippen molar-refractivity contribution in [3.8, 4) is 5.75 Å². The van der Waals surface area contributed by atoms with Gasteiger partial charge in [-0.2, -0.15) is 0 Å². The fourth-order valence-electron chi connectivity index (χ4n) is 3.54. The molecule has 1 aliphatic heterocycles. The molecule has 0 aliphatic carbocycles. The van der Waals surface area contributed by atoms with Gasteiger partial charge in [0.05, 0.1) is 6.61 Å². The van der Waals surface area contributed by atoms with E-state index in [0.717, 1.165) is 5.75 Å². The summed E-state index contributed by atoms with van der Waals surface area (Å²) in [7, 11) is 0. The average molecular weight is 409 g/mol. The van der Waals surface area contributed by atoms with Crippen molar-refractivity contribution in [2.75, 3.05) is 32.8 Å². The van der Waals surface area contributed by atoms with E-state index in [9.17, 15) is 9.59 Å². The quantitative estimate of drug-likeness (QED) is 0.676. The first kappa shape index (κ1) is 21.9. The molecule has 1 saturated heterocycles. The van der Waals surface area contributed by atoms with Crippen LogP contribution in [0.25, 0.3) is 0 Å². The number of hydrogen-bond donors (Lipinski definition) is 0. The summed E-state index contributed by atoms with van der Waals surface area (Å²) in [6, 6.07) is 17.5. The van der Waals surface area contributed by atoms with Crippen LogP contribution >= 0.6 is 0 Å². The highest BCUT2D eigenvalue weighted by Gasteiger charge is 2.24. The van der Waals surface area contributed by atoms with Crippen LogP contribution in [0.5, 0.6) is 5.75 Å². The van der Waals surface area contributed by atoms with Crippen molar-refractivity contribution in [2.24, 2.45) is 0 Å². The molecule has 5 heteroatoms. The topological polar surface area (TPSA) is 49.9 Å². The summed E-state index contributed by atoms with van der Waals surface area (Å²) in [6.07, 6.45) is 1.15. The zero-order valence-electron chi connectivity index (χ0n) is 18.3. The number of carbonyl (C=O) groups is 2. The molecule has 0 atom stereocenters. The van der Waals surface area contributed by atoms with Crippen LogP contribution in [0.4, 0.5) is 0 Å².